The van der Waals surface area contributed by atoms with E-state index in [2.05, 4.69) is 112 Å². The summed E-state index contributed by atoms with van der Waals surface area (Å²) in [4.78, 5) is 2.46. The molecule has 1 aliphatic carbocycles. The van der Waals surface area contributed by atoms with Crippen LogP contribution in [0.25, 0.3) is 0 Å². The van der Waals surface area contributed by atoms with Crippen molar-refractivity contribution in [2.75, 3.05) is 14.1 Å². The summed E-state index contributed by atoms with van der Waals surface area (Å²) in [6.07, 6.45) is 3.98. The fourth-order valence-electron chi connectivity index (χ4n) is 5.39. The Kier molecular flexibility index (Phi) is 6.71. The summed E-state index contributed by atoms with van der Waals surface area (Å²) in [7, 11) is 4.11. The topological polar surface area (TPSA) is 3.24 Å². The van der Waals surface area contributed by atoms with Crippen molar-refractivity contribution in [2.24, 2.45) is 5.92 Å². The van der Waals surface area contributed by atoms with E-state index in [0.29, 0.717) is 17.6 Å². The molecule has 0 heterocycles. The number of aryl methyl sites for hydroxylation is 2. The zero-order chi connectivity index (χ0) is 21.1. The lowest BCUT2D eigenvalue weighted by Gasteiger charge is -2.39. The molecule has 0 saturated heterocycles. The van der Waals surface area contributed by atoms with Gasteiger partial charge in [0.1, 0.15) is 0 Å². The van der Waals surface area contributed by atoms with Crippen LogP contribution in [0, 0.1) is 19.8 Å². The van der Waals surface area contributed by atoms with Crippen molar-refractivity contribution < 1.29 is 0 Å². The quantitative estimate of drug-likeness (QED) is 0.433. The monoisotopic (exact) mass is 415 g/mol. The number of nitrogens with zero attached hydrogens (tertiary/aromatic N) is 1. The molecule has 0 aliphatic heterocycles. The third-order valence-corrected chi connectivity index (χ3v) is 10.1. The van der Waals surface area contributed by atoms with Gasteiger partial charge in [-0.1, -0.05) is 85.3 Å². The van der Waals surface area contributed by atoms with Gasteiger partial charge in [-0.25, -0.2) is 0 Å². The molecule has 2 unspecified atom stereocenters. The molecule has 0 spiro atoms. The molecule has 4 rings (SSSR count). The van der Waals surface area contributed by atoms with Gasteiger partial charge in [0.2, 0.25) is 0 Å². The Balaban J connectivity index is 1.82. The van der Waals surface area contributed by atoms with Crippen LogP contribution in [0.4, 0.5) is 0 Å². The largest absolute Gasteiger partial charge is 0.302 e. The highest BCUT2D eigenvalue weighted by atomic mass is 31.1. The lowest BCUT2D eigenvalue weighted by molar-refractivity contribution is 0.217. The van der Waals surface area contributed by atoms with Crippen molar-refractivity contribution in [1.82, 2.24) is 4.90 Å². The summed E-state index contributed by atoms with van der Waals surface area (Å²) in [5.41, 5.74) is 5.05. The first kappa shape index (κ1) is 21.3. The number of benzene rings is 3. The zero-order valence-electron chi connectivity index (χ0n) is 18.8. The highest BCUT2D eigenvalue weighted by molar-refractivity contribution is 7.73. The third-order valence-electron chi connectivity index (χ3n) is 6.72. The standard InChI is InChI=1S/C28H34NP/c1-21-13-8-10-18-25(21)30(26-19-11-9-14-22(26)2)27-20-12-17-24(27)28(29(3)4)23-15-6-5-7-16-23/h5-11,13-16,18-19,24,27-28H,12,17,20H2,1-4H3/t24?,27?,28-/m0/s1. The summed E-state index contributed by atoms with van der Waals surface area (Å²) in [6.45, 7) is 4.60. The van der Waals surface area contributed by atoms with E-state index in [1.165, 1.54) is 36.0 Å². The van der Waals surface area contributed by atoms with E-state index < -0.39 is 7.92 Å². The summed E-state index contributed by atoms with van der Waals surface area (Å²) in [6, 6.07) is 29.9. The van der Waals surface area contributed by atoms with Crippen molar-refractivity contribution in [2.45, 2.75) is 44.8 Å². The molecule has 0 aromatic heterocycles. The molecule has 156 valence electrons. The van der Waals surface area contributed by atoms with Crippen LogP contribution in [0.3, 0.4) is 0 Å². The lowest BCUT2D eigenvalue weighted by Crippen LogP contribution is -2.35. The Morgan fingerprint density at radius 3 is 1.80 bits per heavy atom. The predicted octanol–water partition coefficient (Wildman–Crippen LogP) is 6.21. The van der Waals surface area contributed by atoms with Crippen LogP contribution < -0.4 is 10.6 Å². The van der Waals surface area contributed by atoms with Gasteiger partial charge in [-0.2, -0.15) is 0 Å². The highest BCUT2D eigenvalue weighted by Gasteiger charge is 2.41. The Morgan fingerprint density at radius 1 is 0.733 bits per heavy atom. The highest BCUT2D eigenvalue weighted by Crippen LogP contribution is 2.55. The molecule has 3 aromatic carbocycles. The van der Waals surface area contributed by atoms with E-state index >= 15 is 0 Å². The van der Waals surface area contributed by atoms with Gasteiger partial charge in [-0.05, 0) is 87.6 Å². The number of rotatable bonds is 6. The molecule has 1 saturated carbocycles. The normalized spacial score (nSPS) is 20.1. The van der Waals surface area contributed by atoms with Crippen molar-refractivity contribution in [1.29, 1.82) is 0 Å². The van der Waals surface area contributed by atoms with E-state index in [-0.39, 0.29) is 0 Å². The molecule has 0 N–H and O–H groups in total. The average Bonchev–Trinajstić information content (AvgIpc) is 3.20. The molecule has 0 amide bonds. The first-order chi connectivity index (χ1) is 14.6. The Morgan fingerprint density at radius 2 is 1.27 bits per heavy atom. The van der Waals surface area contributed by atoms with Crippen LogP contribution in [0.2, 0.25) is 0 Å². The lowest BCUT2D eigenvalue weighted by atomic mass is 9.90. The third kappa shape index (κ3) is 4.25. The maximum atomic E-state index is 2.46. The molecule has 0 bridgehead atoms. The molecular weight excluding hydrogens is 381 g/mol. The SMILES string of the molecule is Cc1ccccc1P(c1ccccc1C)C1CCCC1[C@H](c1ccccc1)N(C)C. The molecule has 3 atom stereocenters. The van der Waals surface area contributed by atoms with Crippen LogP contribution >= 0.6 is 7.92 Å². The van der Waals surface area contributed by atoms with Gasteiger partial charge in [0.25, 0.3) is 0 Å². The Hall–Kier alpha value is -1.95. The van der Waals surface area contributed by atoms with Crippen LogP contribution in [-0.4, -0.2) is 24.7 Å². The van der Waals surface area contributed by atoms with Crippen molar-refractivity contribution in [3.8, 4) is 0 Å². The average molecular weight is 416 g/mol. The first-order valence-corrected chi connectivity index (χ1v) is 12.6. The van der Waals surface area contributed by atoms with Gasteiger partial charge >= 0.3 is 0 Å². The summed E-state index contributed by atoms with van der Waals surface area (Å²) >= 11 is 0. The molecule has 0 radical (unpaired) electrons. The minimum absolute atomic E-state index is 0.407. The van der Waals surface area contributed by atoms with Crippen LogP contribution in [0.1, 0.15) is 42.0 Å². The molecule has 1 nitrogen and oxygen atoms in total. The molecule has 2 heteroatoms. The molecule has 1 fully saturated rings. The maximum absolute atomic E-state index is 2.46. The molecule has 1 aliphatic rings. The first-order valence-electron chi connectivity index (χ1n) is 11.2. The second-order valence-electron chi connectivity index (χ2n) is 8.92. The van der Waals surface area contributed by atoms with Crippen LogP contribution in [0.5, 0.6) is 0 Å². The minimum Gasteiger partial charge on any atom is -0.302 e. The minimum atomic E-state index is -0.407. The zero-order valence-corrected chi connectivity index (χ0v) is 19.6. The van der Waals surface area contributed by atoms with Gasteiger partial charge < -0.3 is 4.90 Å². The van der Waals surface area contributed by atoms with Gasteiger partial charge in [0, 0.05) is 6.04 Å². The Bertz CT molecular complexity index is 920. The van der Waals surface area contributed by atoms with Crippen LogP contribution in [-0.2, 0) is 0 Å². The fourth-order valence-corrected chi connectivity index (χ4v) is 8.90. The summed E-state index contributed by atoms with van der Waals surface area (Å²) < 4.78 is 0. The van der Waals surface area contributed by atoms with Crippen LogP contribution in [0.15, 0.2) is 78.9 Å². The van der Waals surface area contributed by atoms with Crippen molar-refractivity contribution >= 4 is 18.5 Å². The van der Waals surface area contributed by atoms with Crippen molar-refractivity contribution in [3.05, 3.63) is 95.6 Å². The molecular formula is C28H34NP. The predicted molar refractivity (Wildman–Crippen MR) is 133 cm³/mol. The molecule has 30 heavy (non-hydrogen) atoms. The van der Waals surface area contributed by atoms with Gasteiger partial charge in [0.05, 0.1) is 0 Å². The summed E-state index contributed by atoms with van der Waals surface area (Å²) in [5, 5.41) is 3.15. The van der Waals surface area contributed by atoms with E-state index in [1.807, 2.05) is 0 Å². The van der Waals surface area contributed by atoms with E-state index in [4.69, 9.17) is 0 Å². The van der Waals surface area contributed by atoms with E-state index in [1.54, 1.807) is 10.6 Å². The summed E-state index contributed by atoms with van der Waals surface area (Å²) in [5.74, 6) is 0.674. The number of hydrogen-bond donors (Lipinski definition) is 0. The Labute approximate surface area is 183 Å². The molecule has 3 aromatic rings. The smallest absolute Gasteiger partial charge is 0.0376 e. The fraction of sp³-hybridized carbons (Fsp3) is 0.357. The van der Waals surface area contributed by atoms with Gasteiger partial charge in [0.15, 0.2) is 0 Å². The van der Waals surface area contributed by atoms with E-state index in [0.717, 1.165) is 0 Å². The van der Waals surface area contributed by atoms with Crippen molar-refractivity contribution in [3.63, 3.8) is 0 Å². The number of hydrogen-bond acceptors (Lipinski definition) is 1. The van der Waals surface area contributed by atoms with Gasteiger partial charge in [-0.3, -0.25) is 0 Å². The van der Waals surface area contributed by atoms with E-state index in [9.17, 15) is 0 Å². The maximum Gasteiger partial charge on any atom is 0.0376 e. The van der Waals surface area contributed by atoms with Gasteiger partial charge in [-0.15, -0.1) is 0 Å². The second-order valence-corrected chi connectivity index (χ2v) is 11.3. The second kappa shape index (κ2) is 9.46.